The van der Waals surface area contributed by atoms with Crippen molar-refractivity contribution < 1.29 is 4.74 Å². The van der Waals surface area contributed by atoms with E-state index in [2.05, 4.69) is 26.2 Å². The molecule has 1 aromatic carbocycles. The minimum absolute atomic E-state index is 0.614. The Morgan fingerprint density at radius 2 is 2.17 bits per heavy atom. The highest BCUT2D eigenvalue weighted by Gasteiger charge is 2.01. The van der Waals surface area contributed by atoms with Gasteiger partial charge in [-0.25, -0.2) is 4.98 Å². The quantitative estimate of drug-likeness (QED) is 0.917. The van der Waals surface area contributed by atoms with Crippen molar-refractivity contribution in [2.45, 2.75) is 6.54 Å². The molecule has 5 heteroatoms. The van der Waals surface area contributed by atoms with Gasteiger partial charge in [-0.3, -0.25) is 0 Å². The molecule has 0 aliphatic heterocycles. The van der Waals surface area contributed by atoms with Gasteiger partial charge in [-0.15, -0.1) is 0 Å². The van der Waals surface area contributed by atoms with E-state index in [9.17, 15) is 0 Å². The summed E-state index contributed by atoms with van der Waals surface area (Å²) in [5.74, 6) is 0.614. The molecule has 2 rings (SSSR count). The van der Waals surface area contributed by atoms with Crippen molar-refractivity contribution in [1.29, 1.82) is 0 Å². The first-order chi connectivity index (χ1) is 8.69. The third kappa shape index (κ3) is 3.37. The van der Waals surface area contributed by atoms with Crippen molar-refractivity contribution in [3.63, 3.8) is 0 Å². The Balaban J connectivity index is 2.04. The maximum absolute atomic E-state index is 5.95. The predicted octanol–water partition coefficient (Wildman–Crippen LogP) is 4.12. The van der Waals surface area contributed by atoms with Gasteiger partial charge in [0.25, 0.3) is 0 Å². The van der Waals surface area contributed by atoms with Crippen LogP contribution in [0.1, 0.15) is 5.56 Å². The van der Waals surface area contributed by atoms with Gasteiger partial charge in [0.05, 0.1) is 12.8 Å². The number of halogens is 2. The lowest BCUT2D eigenvalue weighted by atomic mass is 10.2. The lowest BCUT2D eigenvalue weighted by Gasteiger charge is -2.09. The summed E-state index contributed by atoms with van der Waals surface area (Å²) in [7, 11) is 1.60. The molecule has 0 radical (unpaired) electrons. The molecule has 1 N–H and O–H groups in total. The molecular formula is C13H12BrClN2O. The molecule has 0 amide bonds. The zero-order chi connectivity index (χ0) is 13.0. The summed E-state index contributed by atoms with van der Waals surface area (Å²) in [4.78, 5) is 4.15. The van der Waals surface area contributed by atoms with Crippen LogP contribution >= 0.6 is 27.5 Å². The summed E-state index contributed by atoms with van der Waals surface area (Å²) in [6, 6.07) is 9.44. The number of benzene rings is 1. The second kappa shape index (κ2) is 6.07. The summed E-state index contributed by atoms with van der Waals surface area (Å²) in [5.41, 5.74) is 2.03. The number of nitrogens with zero attached hydrogens (tertiary/aromatic N) is 1. The summed E-state index contributed by atoms with van der Waals surface area (Å²) < 4.78 is 5.99. The summed E-state index contributed by atoms with van der Waals surface area (Å²) >= 11 is 9.42. The number of anilines is 1. The zero-order valence-electron chi connectivity index (χ0n) is 9.78. The Kier molecular flexibility index (Phi) is 4.44. The van der Waals surface area contributed by atoms with E-state index < -0.39 is 0 Å². The molecule has 0 unspecified atom stereocenters. The van der Waals surface area contributed by atoms with Crippen LogP contribution in [0, 0.1) is 0 Å². The molecule has 0 atom stereocenters. The maximum atomic E-state index is 5.95. The Bertz CT molecular complexity index is 531. The third-order valence-corrected chi connectivity index (χ3v) is 3.34. The summed E-state index contributed by atoms with van der Waals surface area (Å²) in [6.45, 7) is 0.677. The van der Waals surface area contributed by atoms with Crippen LogP contribution < -0.4 is 10.1 Å². The van der Waals surface area contributed by atoms with Gasteiger partial charge >= 0.3 is 0 Å². The van der Waals surface area contributed by atoms with Gasteiger partial charge in [0.15, 0.2) is 0 Å². The molecule has 0 aliphatic carbocycles. The van der Waals surface area contributed by atoms with Crippen LogP contribution in [0.3, 0.4) is 0 Å². The fourth-order valence-corrected chi connectivity index (χ4v) is 2.03. The van der Waals surface area contributed by atoms with Crippen LogP contribution in [-0.2, 0) is 6.54 Å². The Morgan fingerprint density at radius 1 is 1.33 bits per heavy atom. The monoisotopic (exact) mass is 326 g/mol. The van der Waals surface area contributed by atoms with E-state index in [1.165, 1.54) is 0 Å². The van der Waals surface area contributed by atoms with E-state index in [0.717, 1.165) is 15.7 Å². The molecule has 1 heterocycles. The fourth-order valence-electron chi connectivity index (χ4n) is 1.47. The van der Waals surface area contributed by atoms with Gasteiger partial charge in [0.2, 0.25) is 5.88 Å². The number of hydrogen-bond donors (Lipinski definition) is 1. The van der Waals surface area contributed by atoms with Crippen LogP contribution in [0.2, 0.25) is 5.02 Å². The lowest BCUT2D eigenvalue weighted by molar-refractivity contribution is 0.397. The molecule has 18 heavy (non-hydrogen) atoms. The first kappa shape index (κ1) is 13.2. The highest BCUT2D eigenvalue weighted by molar-refractivity contribution is 9.10. The topological polar surface area (TPSA) is 34.1 Å². The van der Waals surface area contributed by atoms with Crippen LogP contribution in [0.4, 0.5) is 5.69 Å². The maximum Gasteiger partial charge on any atom is 0.212 e. The molecule has 0 spiro atoms. The highest BCUT2D eigenvalue weighted by Crippen LogP contribution is 2.26. The average Bonchev–Trinajstić information content (AvgIpc) is 2.40. The molecule has 1 aromatic heterocycles. The van der Waals surface area contributed by atoms with E-state index in [-0.39, 0.29) is 0 Å². The Morgan fingerprint density at radius 3 is 2.83 bits per heavy atom. The van der Waals surface area contributed by atoms with E-state index in [4.69, 9.17) is 16.3 Å². The molecule has 0 fully saturated rings. The number of aromatic nitrogens is 1. The molecular weight excluding hydrogens is 316 g/mol. The van der Waals surface area contributed by atoms with Crippen molar-refractivity contribution in [1.82, 2.24) is 4.98 Å². The van der Waals surface area contributed by atoms with E-state index in [0.29, 0.717) is 17.4 Å². The van der Waals surface area contributed by atoms with Crippen molar-refractivity contribution in [3.05, 3.63) is 51.6 Å². The van der Waals surface area contributed by atoms with Gasteiger partial charge in [0.1, 0.15) is 0 Å². The van der Waals surface area contributed by atoms with Gasteiger partial charge in [0, 0.05) is 28.3 Å². The van der Waals surface area contributed by atoms with E-state index in [1.807, 2.05) is 30.3 Å². The molecule has 0 saturated carbocycles. The van der Waals surface area contributed by atoms with Crippen molar-refractivity contribution in [2.75, 3.05) is 12.4 Å². The molecule has 0 bridgehead atoms. The lowest BCUT2D eigenvalue weighted by Crippen LogP contribution is -2.00. The SMILES string of the molecule is COc1ccc(CNc2cc(Cl)ccc2Br)cn1. The number of nitrogens with one attached hydrogen (secondary N) is 1. The van der Waals surface area contributed by atoms with Gasteiger partial charge in [-0.2, -0.15) is 0 Å². The second-order valence-corrected chi connectivity index (χ2v) is 4.98. The predicted molar refractivity (Wildman–Crippen MR) is 77.3 cm³/mol. The van der Waals surface area contributed by atoms with E-state index in [1.54, 1.807) is 13.3 Å². The smallest absolute Gasteiger partial charge is 0.212 e. The first-order valence-electron chi connectivity index (χ1n) is 5.37. The van der Waals surface area contributed by atoms with Crippen LogP contribution in [0.5, 0.6) is 5.88 Å². The highest BCUT2D eigenvalue weighted by atomic mass is 79.9. The normalized spacial score (nSPS) is 10.2. The van der Waals surface area contributed by atoms with Crippen LogP contribution in [0.25, 0.3) is 0 Å². The first-order valence-corrected chi connectivity index (χ1v) is 6.54. The van der Waals surface area contributed by atoms with E-state index >= 15 is 0 Å². The number of methoxy groups -OCH3 is 1. The molecule has 2 aromatic rings. The summed E-state index contributed by atoms with van der Waals surface area (Å²) in [6.07, 6.45) is 1.78. The number of rotatable bonds is 4. The zero-order valence-corrected chi connectivity index (χ0v) is 12.1. The number of pyridine rings is 1. The second-order valence-electron chi connectivity index (χ2n) is 3.69. The van der Waals surface area contributed by atoms with Gasteiger partial charge in [-0.05, 0) is 39.7 Å². The largest absolute Gasteiger partial charge is 0.481 e. The average molecular weight is 328 g/mol. The molecule has 0 aliphatic rings. The minimum atomic E-state index is 0.614. The molecule has 3 nitrogen and oxygen atoms in total. The summed E-state index contributed by atoms with van der Waals surface area (Å²) in [5, 5.41) is 4.00. The Labute approximate surface area is 119 Å². The molecule has 0 saturated heterocycles. The molecule has 94 valence electrons. The minimum Gasteiger partial charge on any atom is -0.481 e. The van der Waals surface area contributed by atoms with Gasteiger partial charge < -0.3 is 10.1 Å². The van der Waals surface area contributed by atoms with Crippen molar-refractivity contribution >= 4 is 33.2 Å². The number of hydrogen-bond acceptors (Lipinski definition) is 3. The van der Waals surface area contributed by atoms with Crippen LogP contribution in [0.15, 0.2) is 41.0 Å². The standard InChI is InChI=1S/C13H12BrClN2O/c1-18-13-5-2-9(8-17-13)7-16-12-6-10(15)3-4-11(12)14/h2-6,8,16H,7H2,1H3. The Hall–Kier alpha value is -1.26. The van der Waals surface area contributed by atoms with Crippen molar-refractivity contribution in [3.8, 4) is 5.88 Å². The fraction of sp³-hybridized carbons (Fsp3) is 0.154. The number of ether oxygens (including phenoxy) is 1. The van der Waals surface area contributed by atoms with Crippen molar-refractivity contribution in [2.24, 2.45) is 0 Å². The van der Waals surface area contributed by atoms with Gasteiger partial charge in [-0.1, -0.05) is 17.7 Å². The third-order valence-electron chi connectivity index (χ3n) is 2.42. The van der Waals surface area contributed by atoms with Crippen LogP contribution in [-0.4, -0.2) is 12.1 Å².